The van der Waals surface area contributed by atoms with Crippen LogP contribution >= 0.6 is 0 Å². The lowest BCUT2D eigenvalue weighted by molar-refractivity contribution is 0.475. The summed E-state index contributed by atoms with van der Waals surface area (Å²) in [5, 5.41) is 12.4. The monoisotopic (exact) mass is 259 g/mol. The van der Waals surface area contributed by atoms with Crippen molar-refractivity contribution < 1.29 is 5.11 Å². The second kappa shape index (κ2) is 6.01. The molecule has 19 heavy (non-hydrogen) atoms. The van der Waals surface area contributed by atoms with E-state index in [0.29, 0.717) is 5.82 Å². The second-order valence-electron chi connectivity index (χ2n) is 4.18. The number of aromatic hydroxyl groups is 1. The highest BCUT2D eigenvalue weighted by Crippen LogP contribution is 2.17. The van der Waals surface area contributed by atoms with E-state index in [1.807, 2.05) is 19.1 Å². The summed E-state index contributed by atoms with van der Waals surface area (Å²) in [6.07, 6.45) is 2.31. The van der Waals surface area contributed by atoms with Crippen LogP contribution in [0.3, 0.4) is 0 Å². The van der Waals surface area contributed by atoms with Crippen molar-refractivity contribution in [1.82, 2.24) is 9.97 Å². The molecule has 0 saturated heterocycles. The number of anilines is 2. The zero-order valence-electron chi connectivity index (χ0n) is 10.7. The van der Waals surface area contributed by atoms with Gasteiger partial charge in [0.25, 0.3) is 0 Å². The molecule has 6 nitrogen and oxygen atoms in total. The molecule has 0 aliphatic heterocycles. The first-order valence-corrected chi connectivity index (χ1v) is 6.00. The third-order valence-electron chi connectivity index (χ3n) is 2.86. The van der Waals surface area contributed by atoms with Gasteiger partial charge in [0.1, 0.15) is 23.7 Å². The number of benzene rings is 1. The van der Waals surface area contributed by atoms with Crippen molar-refractivity contribution in [1.29, 1.82) is 0 Å². The van der Waals surface area contributed by atoms with Crippen molar-refractivity contribution >= 4 is 11.6 Å². The van der Waals surface area contributed by atoms with Gasteiger partial charge in [-0.2, -0.15) is 0 Å². The van der Waals surface area contributed by atoms with Gasteiger partial charge in [0, 0.05) is 12.1 Å². The molecule has 0 radical (unpaired) electrons. The van der Waals surface area contributed by atoms with Gasteiger partial charge in [0.15, 0.2) is 0 Å². The van der Waals surface area contributed by atoms with Crippen LogP contribution in [-0.4, -0.2) is 21.6 Å². The summed E-state index contributed by atoms with van der Waals surface area (Å²) >= 11 is 0. The van der Waals surface area contributed by atoms with Crippen LogP contribution in [0.5, 0.6) is 5.75 Å². The lowest BCUT2D eigenvalue weighted by atomic mass is 10.1. The molecule has 0 amide bonds. The molecule has 1 aromatic heterocycles. The first-order chi connectivity index (χ1) is 9.20. The SMILES string of the molecule is Cc1c(NN)ncnc1NCCc1ccc(O)cc1. The lowest BCUT2D eigenvalue weighted by Gasteiger charge is -2.10. The number of aromatic nitrogens is 2. The molecular weight excluding hydrogens is 242 g/mol. The standard InChI is InChI=1S/C13H17N5O/c1-9-12(16-8-17-13(9)18-14)15-7-6-10-2-4-11(19)5-3-10/h2-5,8,19H,6-7,14H2,1H3,(H2,15,16,17,18). The fourth-order valence-electron chi connectivity index (χ4n) is 1.76. The van der Waals surface area contributed by atoms with Crippen molar-refractivity contribution in [3.63, 3.8) is 0 Å². The number of nitrogens with two attached hydrogens (primary N) is 1. The summed E-state index contributed by atoms with van der Waals surface area (Å²) in [5.74, 6) is 7.02. The topological polar surface area (TPSA) is 96.1 Å². The van der Waals surface area contributed by atoms with Gasteiger partial charge >= 0.3 is 0 Å². The molecule has 2 aromatic rings. The largest absolute Gasteiger partial charge is 0.508 e. The average molecular weight is 259 g/mol. The smallest absolute Gasteiger partial charge is 0.148 e. The maximum absolute atomic E-state index is 9.20. The molecule has 0 aliphatic carbocycles. The van der Waals surface area contributed by atoms with Crippen LogP contribution in [-0.2, 0) is 6.42 Å². The number of phenolic OH excluding ortho intramolecular Hbond substituents is 1. The minimum atomic E-state index is 0.280. The van der Waals surface area contributed by atoms with Gasteiger partial charge < -0.3 is 15.8 Å². The van der Waals surface area contributed by atoms with Crippen LogP contribution in [0.4, 0.5) is 11.6 Å². The highest BCUT2D eigenvalue weighted by Gasteiger charge is 2.04. The average Bonchev–Trinajstić information content (AvgIpc) is 2.43. The molecule has 0 spiro atoms. The molecule has 1 aromatic carbocycles. The zero-order valence-corrected chi connectivity index (χ0v) is 10.7. The molecule has 0 unspecified atom stereocenters. The Balaban J connectivity index is 1.94. The molecule has 2 rings (SSSR count). The van der Waals surface area contributed by atoms with E-state index in [2.05, 4.69) is 20.7 Å². The number of nitrogen functional groups attached to an aromatic ring is 1. The number of nitrogens with zero attached hydrogens (tertiary/aromatic N) is 2. The van der Waals surface area contributed by atoms with E-state index in [9.17, 15) is 5.11 Å². The van der Waals surface area contributed by atoms with Gasteiger partial charge in [-0.05, 0) is 31.0 Å². The number of hydrogen-bond acceptors (Lipinski definition) is 6. The second-order valence-corrected chi connectivity index (χ2v) is 4.18. The van der Waals surface area contributed by atoms with Gasteiger partial charge in [-0.1, -0.05) is 12.1 Å². The van der Waals surface area contributed by atoms with Crippen LogP contribution in [0.25, 0.3) is 0 Å². The van der Waals surface area contributed by atoms with Crippen LogP contribution in [0.15, 0.2) is 30.6 Å². The zero-order chi connectivity index (χ0) is 13.7. The lowest BCUT2D eigenvalue weighted by Crippen LogP contribution is -2.13. The van der Waals surface area contributed by atoms with Gasteiger partial charge in [0.05, 0.1) is 0 Å². The summed E-state index contributed by atoms with van der Waals surface area (Å²) in [5.41, 5.74) is 4.56. The number of nitrogens with one attached hydrogen (secondary N) is 2. The highest BCUT2D eigenvalue weighted by molar-refractivity contribution is 5.55. The van der Waals surface area contributed by atoms with E-state index in [-0.39, 0.29) is 5.75 Å². The van der Waals surface area contributed by atoms with Crippen molar-refractivity contribution in [2.75, 3.05) is 17.3 Å². The van der Waals surface area contributed by atoms with Gasteiger partial charge in [0.2, 0.25) is 0 Å². The Morgan fingerprint density at radius 3 is 2.53 bits per heavy atom. The molecule has 0 atom stereocenters. The van der Waals surface area contributed by atoms with E-state index >= 15 is 0 Å². The molecule has 0 bridgehead atoms. The molecular formula is C13H17N5O. The molecule has 1 heterocycles. The maximum atomic E-state index is 9.20. The van der Waals surface area contributed by atoms with Crippen LogP contribution in [0, 0.1) is 6.92 Å². The summed E-state index contributed by atoms with van der Waals surface area (Å²) in [6.45, 7) is 2.64. The Hall–Kier alpha value is -2.34. The first-order valence-electron chi connectivity index (χ1n) is 6.00. The van der Waals surface area contributed by atoms with Gasteiger partial charge in [-0.3, -0.25) is 0 Å². The van der Waals surface area contributed by atoms with E-state index in [4.69, 9.17) is 5.84 Å². The van der Waals surface area contributed by atoms with E-state index in [0.717, 1.165) is 29.9 Å². The molecule has 0 aliphatic rings. The van der Waals surface area contributed by atoms with E-state index < -0.39 is 0 Å². The molecule has 5 N–H and O–H groups in total. The number of phenols is 1. The first kappa shape index (κ1) is 13.1. The number of rotatable bonds is 5. The van der Waals surface area contributed by atoms with Crippen molar-refractivity contribution in [3.05, 3.63) is 41.7 Å². The summed E-state index contributed by atoms with van der Waals surface area (Å²) in [7, 11) is 0. The fourth-order valence-corrected chi connectivity index (χ4v) is 1.76. The molecule has 0 fully saturated rings. The Morgan fingerprint density at radius 1 is 1.16 bits per heavy atom. The highest BCUT2D eigenvalue weighted by atomic mass is 16.3. The van der Waals surface area contributed by atoms with Crippen LogP contribution in [0.2, 0.25) is 0 Å². The summed E-state index contributed by atoms with van der Waals surface area (Å²) in [4.78, 5) is 8.19. The van der Waals surface area contributed by atoms with Crippen molar-refractivity contribution in [2.24, 2.45) is 5.84 Å². The summed E-state index contributed by atoms with van der Waals surface area (Å²) < 4.78 is 0. The van der Waals surface area contributed by atoms with Crippen molar-refractivity contribution in [3.8, 4) is 5.75 Å². The van der Waals surface area contributed by atoms with Gasteiger partial charge in [-0.25, -0.2) is 15.8 Å². The van der Waals surface area contributed by atoms with E-state index in [1.165, 1.54) is 6.33 Å². The molecule has 0 saturated carbocycles. The van der Waals surface area contributed by atoms with Crippen molar-refractivity contribution in [2.45, 2.75) is 13.3 Å². The Bertz CT molecular complexity index is 541. The number of hydrazine groups is 1. The molecule has 100 valence electrons. The van der Waals surface area contributed by atoms with E-state index in [1.54, 1.807) is 12.1 Å². The maximum Gasteiger partial charge on any atom is 0.148 e. The van der Waals surface area contributed by atoms with Crippen LogP contribution in [0.1, 0.15) is 11.1 Å². The minimum Gasteiger partial charge on any atom is -0.508 e. The third-order valence-corrected chi connectivity index (χ3v) is 2.86. The quantitative estimate of drug-likeness (QED) is 0.479. The minimum absolute atomic E-state index is 0.280. The Morgan fingerprint density at radius 2 is 1.84 bits per heavy atom. The predicted molar refractivity (Wildman–Crippen MR) is 74.9 cm³/mol. The predicted octanol–water partition coefficient (Wildman–Crippen LogP) is 1.43. The van der Waals surface area contributed by atoms with Crippen LogP contribution < -0.4 is 16.6 Å². The van der Waals surface area contributed by atoms with Gasteiger partial charge in [-0.15, -0.1) is 0 Å². The Labute approximate surface area is 111 Å². The molecule has 6 heteroatoms. The Kier molecular flexibility index (Phi) is 4.15. The third kappa shape index (κ3) is 3.32. The fraction of sp³-hybridized carbons (Fsp3) is 0.231. The summed E-state index contributed by atoms with van der Waals surface area (Å²) in [6, 6.07) is 7.16. The number of hydrogen-bond donors (Lipinski definition) is 4. The normalized spacial score (nSPS) is 10.2.